The molecule has 0 aliphatic carbocycles. The van der Waals surface area contributed by atoms with Crippen molar-refractivity contribution >= 4 is 35.5 Å². The van der Waals surface area contributed by atoms with E-state index in [1.54, 1.807) is 36.4 Å². The summed E-state index contributed by atoms with van der Waals surface area (Å²) in [7, 11) is 1.32. The molecular weight excluding hydrogens is 529 g/mol. The van der Waals surface area contributed by atoms with E-state index < -0.39 is 12.3 Å². The van der Waals surface area contributed by atoms with Gasteiger partial charge >= 0.3 is 12.3 Å². The lowest BCUT2D eigenvalue weighted by molar-refractivity contribution is -0.274. The first-order valence-electron chi connectivity index (χ1n) is 10.6. The number of methoxy groups -OCH3 is 1. The highest BCUT2D eigenvalue weighted by atomic mass is 35.5. The standard InChI is InChI=1S/C25H18ClF3N4O3S/c1-35-23(34)19-6-2-17(3-7-19)15-37-24-32-31-22(18-8-10-20(26)11-9-18)33(24)30-14-16-4-12-21(13-5-16)36-25(27,28)29/h2-14H,15H2,1H3/b30-14+. The molecule has 12 heteroatoms. The van der Waals surface area contributed by atoms with E-state index in [4.69, 9.17) is 16.3 Å². The van der Waals surface area contributed by atoms with Crippen LogP contribution in [0.15, 0.2) is 83.1 Å². The van der Waals surface area contributed by atoms with Crippen molar-refractivity contribution in [1.29, 1.82) is 0 Å². The summed E-state index contributed by atoms with van der Waals surface area (Å²) in [5.74, 6) is 0.219. The fourth-order valence-corrected chi connectivity index (χ4v) is 4.09. The lowest BCUT2D eigenvalue weighted by Crippen LogP contribution is -2.17. The van der Waals surface area contributed by atoms with Crippen LogP contribution in [-0.4, -0.2) is 40.5 Å². The van der Waals surface area contributed by atoms with Crippen LogP contribution in [-0.2, 0) is 10.5 Å². The number of carbonyl (C=O) groups is 1. The Morgan fingerprint density at radius 3 is 2.32 bits per heavy atom. The average molecular weight is 547 g/mol. The monoisotopic (exact) mass is 546 g/mol. The van der Waals surface area contributed by atoms with E-state index in [-0.39, 0.29) is 5.75 Å². The van der Waals surface area contributed by atoms with Crippen LogP contribution in [0.4, 0.5) is 13.2 Å². The molecule has 0 amide bonds. The van der Waals surface area contributed by atoms with Crippen molar-refractivity contribution in [3.8, 4) is 17.1 Å². The minimum Gasteiger partial charge on any atom is -0.465 e. The molecule has 0 fully saturated rings. The number of hydrogen-bond acceptors (Lipinski definition) is 7. The summed E-state index contributed by atoms with van der Waals surface area (Å²) < 4.78 is 47.4. The minimum absolute atomic E-state index is 0.328. The second kappa shape index (κ2) is 11.5. The molecular formula is C25H18ClF3N4O3S. The molecule has 7 nitrogen and oxygen atoms in total. The number of ether oxygens (including phenoxy) is 2. The van der Waals surface area contributed by atoms with E-state index in [1.807, 2.05) is 12.1 Å². The van der Waals surface area contributed by atoms with Crippen LogP contribution in [0.2, 0.25) is 5.02 Å². The van der Waals surface area contributed by atoms with Crippen molar-refractivity contribution in [2.24, 2.45) is 5.10 Å². The highest BCUT2D eigenvalue weighted by Gasteiger charge is 2.30. The van der Waals surface area contributed by atoms with E-state index in [1.165, 1.54) is 54.0 Å². The van der Waals surface area contributed by atoms with Gasteiger partial charge in [-0.2, -0.15) is 9.78 Å². The molecule has 1 heterocycles. The summed E-state index contributed by atoms with van der Waals surface area (Å²) in [6, 6.07) is 19.3. The summed E-state index contributed by atoms with van der Waals surface area (Å²) in [5.41, 5.74) is 2.64. The normalized spacial score (nSPS) is 11.6. The molecule has 0 aliphatic rings. The molecule has 1 aromatic heterocycles. The predicted molar refractivity (Wildman–Crippen MR) is 134 cm³/mol. The van der Waals surface area contributed by atoms with E-state index in [9.17, 15) is 18.0 Å². The predicted octanol–water partition coefficient (Wildman–Crippen LogP) is 6.46. The van der Waals surface area contributed by atoms with Crippen LogP contribution in [0.1, 0.15) is 21.5 Å². The van der Waals surface area contributed by atoms with Gasteiger partial charge in [-0.3, -0.25) is 0 Å². The molecule has 0 unspecified atom stereocenters. The number of nitrogens with zero attached hydrogens (tertiary/aromatic N) is 4. The number of carbonyl (C=O) groups excluding carboxylic acids is 1. The van der Waals surface area contributed by atoms with Crippen LogP contribution < -0.4 is 4.74 Å². The van der Waals surface area contributed by atoms with Crippen LogP contribution in [0, 0.1) is 0 Å². The minimum atomic E-state index is -4.77. The fraction of sp³-hybridized carbons (Fsp3) is 0.120. The number of esters is 1. The lowest BCUT2D eigenvalue weighted by Gasteiger charge is -2.08. The Morgan fingerprint density at radius 2 is 1.70 bits per heavy atom. The van der Waals surface area contributed by atoms with Crippen LogP contribution >= 0.6 is 23.4 Å². The maximum absolute atomic E-state index is 12.4. The second-order valence-corrected chi connectivity index (χ2v) is 8.84. The summed E-state index contributed by atoms with van der Waals surface area (Å²) in [6.45, 7) is 0. The number of alkyl halides is 3. The number of hydrogen-bond donors (Lipinski definition) is 0. The van der Waals surface area contributed by atoms with Crippen molar-refractivity contribution in [2.75, 3.05) is 7.11 Å². The Hall–Kier alpha value is -3.83. The number of aromatic nitrogens is 3. The maximum Gasteiger partial charge on any atom is 0.573 e. The Morgan fingerprint density at radius 1 is 1.03 bits per heavy atom. The highest BCUT2D eigenvalue weighted by molar-refractivity contribution is 7.98. The molecule has 4 rings (SSSR count). The SMILES string of the molecule is COC(=O)c1ccc(CSc2nnc(-c3ccc(Cl)cc3)n2/N=C/c2ccc(OC(F)(F)F)cc2)cc1. The molecule has 0 saturated carbocycles. The molecule has 0 N–H and O–H groups in total. The Balaban J connectivity index is 1.58. The first kappa shape index (κ1) is 26.2. The van der Waals surface area contributed by atoms with Crippen molar-refractivity contribution in [3.63, 3.8) is 0 Å². The molecule has 190 valence electrons. The number of halogens is 4. The van der Waals surface area contributed by atoms with Crippen molar-refractivity contribution < 1.29 is 27.4 Å². The first-order chi connectivity index (χ1) is 17.7. The van der Waals surface area contributed by atoms with Crippen molar-refractivity contribution in [2.45, 2.75) is 17.3 Å². The molecule has 0 bridgehead atoms. The fourth-order valence-electron chi connectivity index (χ4n) is 3.12. The molecule has 0 spiro atoms. The number of benzene rings is 3. The molecule has 0 atom stereocenters. The third-order valence-electron chi connectivity index (χ3n) is 4.89. The zero-order valence-electron chi connectivity index (χ0n) is 19.1. The summed E-state index contributed by atoms with van der Waals surface area (Å²) in [5, 5.41) is 14.1. The van der Waals surface area contributed by atoms with Gasteiger partial charge in [-0.1, -0.05) is 35.5 Å². The van der Waals surface area contributed by atoms with Gasteiger partial charge in [0.05, 0.1) is 18.9 Å². The third kappa shape index (κ3) is 7.11. The highest BCUT2D eigenvalue weighted by Crippen LogP contribution is 2.28. The number of thioether (sulfide) groups is 1. The van der Waals surface area contributed by atoms with Gasteiger partial charge in [0.2, 0.25) is 5.16 Å². The van der Waals surface area contributed by atoms with Crippen molar-refractivity contribution in [3.05, 3.63) is 94.5 Å². The zero-order valence-corrected chi connectivity index (χ0v) is 20.7. The first-order valence-corrected chi connectivity index (χ1v) is 12.0. The van der Waals surface area contributed by atoms with Gasteiger partial charge in [-0.25, -0.2) is 4.79 Å². The van der Waals surface area contributed by atoms with Crippen LogP contribution in [0.3, 0.4) is 0 Å². The van der Waals surface area contributed by atoms with Crippen LogP contribution in [0.25, 0.3) is 11.4 Å². The zero-order chi connectivity index (χ0) is 26.4. The van der Waals surface area contributed by atoms with E-state index in [0.29, 0.717) is 32.9 Å². The average Bonchev–Trinajstić information content (AvgIpc) is 3.29. The maximum atomic E-state index is 12.4. The largest absolute Gasteiger partial charge is 0.573 e. The van der Waals surface area contributed by atoms with E-state index in [0.717, 1.165) is 11.1 Å². The van der Waals surface area contributed by atoms with E-state index >= 15 is 0 Å². The smallest absolute Gasteiger partial charge is 0.465 e. The topological polar surface area (TPSA) is 78.6 Å². The van der Waals surface area contributed by atoms with Gasteiger partial charge in [-0.15, -0.1) is 23.4 Å². The van der Waals surface area contributed by atoms with Crippen molar-refractivity contribution in [1.82, 2.24) is 14.9 Å². The van der Waals surface area contributed by atoms with Gasteiger partial charge in [0, 0.05) is 16.3 Å². The quantitative estimate of drug-likeness (QED) is 0.143. The Bertz CT molecular complexity index is 1390. The molecule has 3 aromatic carbocycles. The molecule has 37 heavy (non-hydrogen) atoms. The summed E-state index contributed by atoms with van der Waals surface area (Å²) in [6.07, 6.45) is -3.29. The summed E-state index contributed by atoms with van der Waals surface area (Å²) >= 11 is 7.38. The summed E-state index contributed by atoms with van der Waals surface area (Å²) in [4.78, 5) is 11.6. The second-order valence-electron chi connectivity index (χ2n) is 7.46. The molecule has 0 saturated heterocycles. The molecule has 0 aliphatic heterocycles. The van der Waals surface area contributed by atoms with Gasteiger partial charge in [-0.05, 0) is 71.8 Å². The molecule has 4 aromatic rings. The Kier molecular flexibility index (Phi) is 8.14. The van der Waals surface area contributed by atoms with Gasteiger partial charge in [0.25, 0.3) is 0 Å². The number of rotatable bonds is 8. The van der Waals surface area contributed by atoms with Crippen LogP contribution in [0.5, 0.6) is 5.75 Å². The van der Waals surface area contributed by atoms with Gasteiger partial charge in [0.15, 0.2) is 5.82 Å². The molecule has 0 radical (unpaired) electrons. The third-order valence-corrected chi connectivity index (χ3v) is 6.14. The lowest BCUT2D eigenvalue weighted by atomic mass is 10.1. The Labute approximate surface area is 218 Å². The van der Waals surface area contributed by atoms with Gasteiger partial charge < -0.3 is 9.47 Å². The van der Waals surface area contributed by atoms with E-state index in [2.05, 4.69) is 20.0 Å². The van der Waals surface area contributed by atoms with Gasteiger partial charge in [0.1, 0.15) is 5.75 Å².